The van der Waals surface area contributed by atoms with Crippen LogP contribution in [-0.4, -0.2) is 4.98 Å². The predicted octanol–water partition coefficient (Wildman–Crippen LogP) is 6.64. The Bertz CT molecular complexity index is 364. The molecule has 1 heterocycles. The van der Waals surface area contributed by atoms with Gasteiger partial charge in [-0.25, -0.2) is 4.39 Å². The third-order valence-corrected chi connectivity index (χ3v) is 4.22. The van der Waals surface area contributed by atoms with Crippen LogP contribution >= 0.6 is 0 Å². The minimum Gasteiger partial charge on any atom is -0.261 e. The van der Waals surface area contributed by atoms with Crippen molar-refractivity contribution in [1.82, 2.24) is 4.98 Å². The van der Waals surface area contributed by atoms with Crippen LogP contribution in [0.4, 0.5) is 4.39 Å². The molecule has 0 amide bonds. The van der Waals surface area contributed by atoms with E-state index in [0.29, 0.717) is 5.92 Å². The van der Waals surface area contributed by atoms with Crippen LogP contribution in [0.5, 0.6) is 0 Å². The van der Waals surface area contributed by atoms with Crippen molar-refractivity contribution in [3.8, 4) is 0 Å². The van der Waals surface area contributed by atoms with Gasteiger partial charge in [0.25, 0.3) is 0 Å². The summed E-state index contributed by atoms with van der Waals surface area (Å²) in [6.07, 6.45) is 15.5. The Hall–Kier alpha value is -0.920. The first-order chi connectivity index (χ1) is 10.3. The van der Waals surface area contributed by atoms with Crippen molar-refractivity contribution < 1.29 is 4.39 Å². The summed E-state index contributed by atoms with van der Waals surface area (Å²) in [5.41, 5.74) is 0.960. The average molecular weight is 293 g/mol. The van der Waals surface area contributed by atoms with Crippen molar-refractivity contribution in [3.05, 3.63) is 29.8 Å². The van der Waals surface area contributed by atoms with Gasteiger partial charge in [0.2, 0.25) is 0 Å². The average Bonchev–Trinajstić information content (AvgIpc) is 2.49. The largest absolute Gasteiger partial charge is 0.261 e. The molecule has 1 nitrogen and oxygen atoms in total. The third kappa shape index (κ3) is 8.18. The zero-order valence-corrected chi connectivity index (χ0v) is 13.9. The lowest BCUT2D eigenvalue weighted by atomic mass is 9.91. The molecule has 0 spiro atoms. The zero-order chi connectivity index (χ0) is 15.3. The minimum absolute atomic E-state index is 0.149. The lowest BCUT2D eigenvalue weighted by molar-refractivity contribution is 0.483. The van der Waals surface area contributed by atoms with Gasteiger partial charge in [-0.15, -0.1) is 0 Å². The summed E-state index contributed by atoms with van der Waals surface area (Å²) in [5, 5.41) is 0. The molecule has 0 N–H and O–H groups in total. The topological polar surface area (TPSA) is 12.9 Å². The van der Waals surface area contributed by atoms with E-state index < -0.39 is 0 Å². The molecule has 0 saturated carbocycles. The number of halogens is 1. The summed E-state index contributed by atoms with van der Waals surface area (Å²) < 4.78 is 13.4. The Morgan fingerprint density at radius 3 is 2.05 bits per heavy atom. The van der Waals surface area contributed by atoms with Crippen molar-refractivity contribution in [2.24, 2.45) is 0 Å². The SMILES string of the molecule is CCCCCCCC(CCCCCC)c1cc(F)ccn1. The molecule has 0 bridgehead atoms. The van der Waals surface area contributed by atoms with E-state index >= 15 is 0 Å². The fourth-order valence-electron chi connectivity index (χ4n) is 2.90. The van der Waals surface area contributed by atoms with Crippen molar-refractivity contribution >= 4 is 0 Å². The molecule has 1 unspecified atom stereocenters. The van der Waals surface area contributed by atoms with E-state index in [9.17, 15) is 4.39 Å². The number of aromatic nitrogens is 1. The summed E-state index contributed by atoms with van der Waals surface area (Å²) in [6, 6.07) is 3.08. The molecular formula is C19H32FN. The number of pyridine rings is 1. The van der Waals surface area contributed by atoms with Crippen LogP contribution in [0.2, 0.25) is 0 Å². The van der Waals surface area contributed by atoms with Gasteiger partial charge in [0.1, 0.15) is 5.82 Å². The normalized spacial score (nSPS) is 12.5. The maximum absolute atomic E-state index is 13.4. The van der Waals surface area contributed by atoms with Crippen LogP contribution in [0.1, 0.15) is 96.1 Å². The Balaban J connectivity index is 2.45. The van der Waals surface area contributed by atoms with Crippen LogP contribution in [0.3, 0.4) is 0 Å². The lowest BCUT2D eigenvalue weighted by Crippen LogP contribution is -2.03. The molecule has 0 fully saturated rings. The summed E-state index contributed by atoms with van der Waals surface area (Å²) in [6.45, 7) is 4.48. The Morgan fingerprint density at radius 1 is 0.905 bits per heavy atom. The second-order valence-corrected chi connectivity index (χ2v) is 6.15. The van der Waals surface area contributed by atoms with Gasteiger partial charge >= 0.3 is 0 Å². The maximum atomic E-state index is 13.4. The molecule has 1 rings (SSSR count). The van der Waals surface area contributed by atoms with E-state index in [4.69, 9.17) is 0 Å². The van der Waals surface area contributed by atoms with E-state index in [1.54, 1.807) is 12.3 Å². The molecule has 0 aliphatic rings. The fraction of sp³-hybridized carbons (Fsp3) is 0.737. The quantitative estimate of drug-likeness (QED) is 0.394. The van der Waals surface area contributed by atoms with Gasteiger partial charge in [-0.05, 0) is 25.0 Å². The molecule has 1 aromatic rings. The van der Waals surface area contributed by atoms with Crippen LogP contribution in [0, 0.1) is 5.82 Å². The molecule has 0 aliphatic carbocycles. The van der Waals surface area contributed by atoms with E-state index in [1.165, 1.54) is 63.9 Å². The smallest absolute Gasteiger partial charge is 0.126 e. The molecule has 1 atom stereocenters. The standard InChI is InChI=1S/C19H32FN/c1-3-5-7-9-11-13-17(12-10-8-6-4-2)19-16-18(20)14-15-21-19/h14-17H,3-13H2,1-2H3. The highest BCUT2D eigenvalue weighted by molar-refractivity contribution is 5.11. The summed E-state index contributed by atoms with van der Waals surface area (Å²) >= 11 is 0. The molecule has 0 radical (unpaired) electrons. The highest BCUT2D eigenvalue weighted by Crippen LogP contribution is 2.27. The van der Waals surface area contributed by atoms with E-state index in [-0.39, 0.29) is 5.82 Å². The molecule has 120 valence electrons. The number of hydrogen-bond acceptors (Lipinski definition) is 1. The van der Waals surface area contributed by atoms with Crippen LogP contribution in [0.15, 0.2) is 18.3 Å². The first-order valence-electron chi connectivity index (χ1n) is 8.89. The first-order valence-corrected chi connectivity index (χ1v) is 8.89. The molecule has 2 heteroatoms. The van der Waals surface area contributed by atoms with Crippen molar-refractivity contribution in [1.29, 1.82) is 0 Å². The van der Waals surface area contributed by atoms with Gasteiger partial charge < -0.3 is 0 Å². The Morgan fingerprint density at radius 2 is 1.48 bits per heavy atom. The number of unbranched alkanes of at least 4 members (excludes halogenated alkanes) is 7. The lowest BCUT2D eigenvalue weighted by Gasteiger charge is -2.16. The monoisotopic (exact) mass is 293 g/mol. The summed E-state index contributed by atoms with van der Waals surface area (Å²) in [7, 11) is 0. The minimum atomic E-state index is -0.149. The number of hydrogen-bond donors (Lipinski definition) is 0. The van der Waals surface area contributed by atoms with Crippen molar-refractivity contribution in [3.63, 3.8) is 0 Å². The summed E-state index contributed by atoms with van der Waals surface area (Å²) in [5.74, 6) is 0.295. The van der Waals surface area contributed by atoms with E-state index in [0.717, 1.165) is 18.5 Å². The van der Waals surface area contributed by atoms with Gasteiger partial charge in [0.15, 0.2) is 0 Å². The van der Waals surface area contributed by atoms with Crippen LogP contribution in [0.25, 0.3) is 0 Å². The fourth-order valence-corrected chi connectivity index (χ4v) is 2.90. The van der Waals surface area contributed by atoms with Gasteiger partial charge in [-0.1, -0.05) is 71.6 Å². The van der Waals surface area contributed by atoms with Gasteiger partial charge in [-0.2, -0.15) is 0 Å². The molecule has 1 aromatic heterocycles. The Labute approximate surface area is 130 Å². The van der Waals surface area contributed by atoms with E-state index in [1.807, 2.05) is 0 Å². The van der Waals surface area contributed by atoms with Crippen LogP contribution in [-0.2, 0) is 0 Å². The van der Waals surface area contributed by atoms with Gasteiger partial charge in [0.05, 0.1) is 0 Å². The number of nitrogens with zero attached hydrogens (tertiary/aromatic N) is 1. The maximum Gasteiger partial charge on any atom is 0.126 e. The predicted molar refractivity (Wildman–Crippen MR) is 89.1 cm³/mol. The zero-order valence-electron chi connectivity index (χ0n) is 13.9. The van der Waals surface area contributed by atoms with Crippen molar-refractivity contribution in [2.45, 2.75) is 90.4 Å². The van der Waals surface area contributed by atoms with Crippen LogP contribution < -0.4 is 0 Å². The van der Waals surface area contributed by atoms with Gasteiger partial charge in [0, 0.05) is 17.8 Å². The second kappa shape index (κ2) is 11.7. The highest BCUT2D eigenvalue weighted by Gasteiger charge is 2.13. The van der Waals surface area contributed by atoms with E-state index in [2.05, 4.69) is 18.8 Å². The second-order valence-electron chi connectivity index (χ2n) is 6.15. The first kappa shape index (κ1) is 18.1. The Kier molecular flexibility index (Phi) is 10.1. The summed E-state index contributed by atoms with van der Waals surface area (Å²) in [4.78, 5) is 4.41. The molecular weight excluding hydrogens is 261 g/mol. The molecule has 0 saturated heterocycles. The van der Waals surface area contributed by atoms with Gasteiger partial charge in [-0.3, -0.25) is 4.98 Å². The number of rotatable bonds is 12. The molecule has 21 heavy (non-hydrogen) atoms. The third-order valence-electron chi connectivity index (χ3n) is 4.22. The molecule has 0 aliphatic heterocycles. The highest BCUT2D eigenvalue weighted by atomic mass is 19.1. The molecule has 0 aromatic carbocycles. The van der Waals surface area contributed by atoms with Crippen molar-refractivity contribution in [2.75, 3.05) is 0 Å².